The van der Waals surface area contributed by atoms with Gasteiger partial charge in [0, 0.05) is 18.0 Å². The Kier molecular flexibility index (Phi) is 8.24. The van der Waals surface area contributed by atoms with Crippen molar-refractivity contribution in [1.82, 2.24) is 19.7 Å². The second kappa shape index (κ2) is 11.6. The minimum absolute atomic E-state index is 0.0254. The van der Waals surface area contributed by atoms with Crippen LogP contribution in [-0.4, -0.2) is 48.3 Å². The van der Waals surface area contributed by atoms with Gasteiger partial charge >= 0.3 is 6.01 Å². The molecule has 0 saturated carbocycles. The second-order valence-corrected chi connectivity index (χ2v) is 11.3. The molecule has 0 fully saturated rings. The van der Waals surface area contributed by atoms with Crippen molar-refractivity contribution in [1.29, 1.82) is 0 Å². The minimum atomic E-state index is -3.99. The van der Waals surface area contributed by atoms with Crippen LogP contribution in [0.25, 0.3) is 0 Å². The van der Waals surface area contributed by atoms with E-state index in [9.17, 15) is 13.2 Å². The van der Waals surface area contributed by atoms with Crippen molar-refractivity contribution in [3.05, 3.63) is 78.1 Å². The molecule has 0 saturated heterocycles. The highest BCUT2D eigenvalue weighted by Gasteiger charge is 2.18. The SMILES string of the molecule is COc1cc(NS(=O)(=O)c2ccc(NC(=O)c3ccn(COc4ccc(C(C)(C)C)cc4)n3)cc2)nc(OC)n1. The molecular formula is C27H30N6O6S. The number of benzene rings is 2. The number of carbonyl (C=O) groups is 1. The van der Waals surface area contributed by atoms with E-state index in [1.165, 1.54) is 54.8 Å². The Morgan fingerprint density at radius 3 is 2.27 bits per heavy atom. The number of aromatic nitrogens is 4. The molecule has 2 aromatic heterocycles. The van der Waals surface area contributed by atoms with E-state index in [-0.39, 0.29) is 40.4 Å². The van der Waals surface area contributed by atoms with Gasteiger partial charge in [0.2, 0.25) is 5.88 Å². The normalized spacial score (nSPS) is 11.5. The summed E-state index contributed by atoms with van der Waals surface area (Å²) < 4.78 is 45.3. The molecule has 13 heteroatoms. The average molecular weight is 567 g/mol. The number of carbonyl (C=O) groups excluding carboxylic acids is 1. The second-order valence-electron chi connectivity index (χ2n) is 9.65. The van der Waals surface area contributed by atoms with Gasteiger partial charge in [-0.1, -0.05) is 32.9 Å². The molecule has 4 rings (SSSR count). The molecule has 2 N–H and O–H groups in total. The Balaban J connectivity index is 1.35. The molecule has 0 atom stereocenters. The van der Waals surface area contributed by atoms with Crippen molar-refractivity contribution >= 4 is 27.4 Å². The van der Waals surface area contributed by atoms with Gasteiger partial charge in [0.25, 0.3) is 15.9 Å². The van der Waals surface area contributed by atoms with Crippen LogP contribution >= 0.6 is 0 Å². The lowest BCUT2D eigenvalue weighted by Crippen LogP contribution is -2.16. The summed E-state index contributed by atoms with van der Waals surface area (Å²) in [7, 11) is -1.25. The molecule has 0 spiro atoms. The smallest absolute Gasteiger partial charge is 0.321 e. The standard InChI is InChI=1S/C27H30N6O6S/c1-27(2,3)18-6-10-20(11-7-18)39-17-33-15-14-22(31-33)25(34)28-19-8-12-21(13-9-19)40(35,36)32-23-16-24(37-4)30-26(29-23)38-5/h6-16H,17H2,1-5H3,(H,28,34)(H,29,30,32). The van der Waals surface area contributed by atoms with Crippen LogP contribution in [0.5, 0.6) is 17.6 Å². The van der Waals surface area contributed by atoms with Gasteiger partial charge in [0.1, 0.15) is 5.75 Å². The molecule has 4 aromatic rings. The molecule has 0 aliphatic heterocycles. The third kappa shape index (κ3) is 7.05. The summed E-state index contributed by atoms with van der Waals surface area (Å²) >= 11 is 0. The highest BCUT2D eigenvalue weighted by Crippen LogP contribution is 2.25. The summed E-state index contributed by atoms with van der Waals surface area (Å²) in [4.78, 5) is 20.5. The lowest BCUT2D eigenvalue weighted by atomic mass is 9.87. The number of anilines is 2. The zero-order valence-electron chi connectivity index (χ0n) is 22.7. The monoisotopic (exact) mass is 566 g/mol. The summed E-state index contributed by atoms with van der Waals surface area (Å²) in [6.45, 7) is 6.56. The zero-order chi connectivity index (χ0) is 28.9. The van der Waals surface area contributed by atoms with Gasteiger partial charge in [0.15, 0.2) is 18.2 Å². The van der Waals surface area contributed by atoms with Crippen molar-refractivity contribution in [2.75, 3.05) is 24.3 Å². The van der Waals surface area contributed by atoms with Gasteiger partial charge in [0.05, 0.1) is 19.1 Å². The third-order valence-corrected chi connectivity index (χ3v) is 7.06. The van der Waals surface area contributed by atoms with Gasteiger partial charge in [-0.25, -0.2) is 13.1 Å². The average Bonchev–Trinajstić information content (AvgIpc) is 3.41. The molecule has 0 unspecified atom stereocenters. The third-order valence-electron chi connectivity index (χ3n) is 5.69. The molecule has 2 aromatic carbocycles. The fourth-order valence-electron chi connectivity index (χ4n) is 3.51. The van der Waals surface area contributed by atoms with E-state index in [2.05, 4.69) is 45.9 Å². The molecule has 2 heterocycles. The van der Waals surface area contributed by atoms with Crippen LogP contribution in [0.2, 0.25) is 0 Å². The van der Waals surface area contributed by atoms with Gasteiger partial charge in [-0.2, -0.15) is 15.1 Å². The van der Waals surface area contributed by atoms with Gasteiger partial charge < -0.3 is 19.5 Å². The number of ether oxygens (including phenoxy) is 3. The first-order chi connectivity index (χ1) is 19.0. The van der Waals surface area contributed by atoms with Crippen LogP contribution in [0.4, 0.5) is 11.5 Å². The topological polar surface area (TPSA) is 147 Å². The van der Waals surface area contributed by atoms with E-state index in [0.717, 1.165) is 0 Å². The number of nitrogens with one attached hydrogen (secondary N) is 2. The Labute approximate surface area is 232 Å². The predicted molar refractivity (Wildman–Crippen MR) is 148 cm³/mol. The number of amides is 1. The van der Waals surface area contributed by atoms with E-state index in [1.54, 1.807) is 12.3 Å². The summed E-state index contributed by atoms with van der Waals surface area (Å²) in [5.74, 6) is 0.341. The molecule has 12 nitrogen and oxygen atoms in total. The van der Waals surface area contributed by atoms with Crippen molar-refractivity contribution in [2.24, 2.45) is 0 Å². The van der Waals surface area contributed by atoms with Crippen LogP contribution in [0, 0.1) is 0 Å². The van der Waals surface area contributed by atoms with Gasteiger partial charge in [-0.15, -0.1) is 0 Å². The fourth-order valence-corrected chi connectivity index (χ4v) is 4.50. The van der Waals surface area contributed by atoms with E-state index >= 15 is 0 Å². The first-order valence-corrected chi connectivity index (χ1v) is 13.6. The molecule has 210 valence electrons. The van der Waals surface area contributed by atoms with Crippen molar-refractivity contribution < 1.29 is 27.4 Å². The lowest BCUT2D eigenvalue weighted by molar-refractivity contribution is 0.102. The molecule has 40 heavy (non-hydrogen) atoms. The Morgan fingerprint density at radius 1 is 0.950 bits per heavy atom. The Bertz CT molecular complexity index is 1560. The maximum absolute atomic E-state index is 12.8. The number of hydrogen-bond acceptors (Lipinski definition) is 9. The van der Waals surface area contributed by atoms with Crippen molar-refractivity contribution in [3.8, 4) is 17.6 Å². The number of hydrogen-bond donors (Lipinski definition) is 2. The first kappa shape index (κ1) is 28.4. The fraction of sp³-hybridized carbons (Fsp3) is 0.259. The quantitative estimate of drug-likeness (QED) is 0.290. The van der Waals surface area contributed by atoms with Crippen molar-refractivity contribution in [3.63, 3.8) is 0 Å². The molecule has 0 aliphatic carbocycles. The van der Waals surface area contributed by atoms with Crippen LogP contribution in [0.3, 0.4) is 0 Å². The maximum atomic E-state index is 12.8. The predicted octanol–water partition coefficient (Wildman–Crippen LogP) is 4.08. The summed E-state index contributed by atoms with van der Waals surface area (Å²) in [6.07, 6.45) is 1.64. The van der Waals surface area contributed by atoms with E-state index in [1.807, 2.05) is 24.3 Å². The summed E-state index contributed by atoms with van der Waals surface area (Å²) in [5, 5.41) is 6.95. The van der Waals surface area contributed by atoms with E-state index in [4.69, 9.17) is 14.2 Å². The highest BCUT2D eigenvalue weighted by molar-refractivity contribution is 7.92. The first-order valence-electron chi connectivity index (χ1n) is 12.1. The highest BCUT2D eigenvalue weighted by atomic mass is 32.2. The Morgan fingerprint density at radius 2 is 1.65 bits per heavy atom. The molecule has 1 amide bonds. The number of rotatable bonds is 10. The number of methoxy groups -OCH3 is 2. The van der Waals surface area contributed by atoms with Crippen LogP contribution in [0.15, 0.2) is 71.8 Å². The van der Waals surface area contributed by atoms with Crippen LogP contribution in [0.1, 0.15) is 36.8 Å². The van der Waals surface area contributed by atoms with Crippen LogP contribution in [-0.2, 0) is 22.2 Å². The van der Waals surface area contributed by atoms with Crippen LogP contribution < -0.4 is 24.2 Å². The lowest BCUT2D eigenvalue weighted by Gasteiger charge is -2.19. The zero-order valence-corrected chi connectivity index (χ0v) is 23.5. The molecule has 0 aliphatic rings. The number of nitrogens with zero attached hydrogens (tertiary/aromatic N) is 4. The summed E-state index contributed by atoms with van der Waals surface area (Å²) in [6, 6.07) is 16.3. The minimum Gasteiger partial charge on any atom is -0.481 e. The maximum Gasteiger partial charge on any atom is 0.321 e. The van der Waals surface area contributed by atoms with Gasteiger partial charge in [-0.3, -0.25) is 9.52 Å². The Hall–Kier alpha value is -4.65. The van der Waals surface area contributed by atoms with Gasteiger partial charge in [-0.05, 0) is 53.4 Å². The molecule has 0 radical (unpaired) electrons. The summed E-state index contributed by atoms with van der Waals surface area (Å²) in [5.41, 5.74) is 1.82. The number of sulfonamides is 1. The largest absolute Gasteiger partial charge is 0.481 e. The van der Waals surface area contributed by atoms with E-state index in [0.29, 0.717) is 11.4 Å². The molecule has 0 bridgehead atoms. The molecular weight excluding hydrogens is 536 g/mol. The van der Waals surface area contributed by atoms with Crippen molar-refractivity contribution in [2.45, 2.75) is 37.8 Å². The van der Waals surface area contributed by atoms with E-state index < -0.39 is 15.9 Å².